The summed E-state index contributed by atoms with van der Waals surface area (Å²) in [5.41, 5.74) is 1.76. The molecule has 4 heteroatoms. The number of methoxy groups -OCH3 is 1. The van der Waals surface area contributed by atoms with Gasteiger partial charge in [0.25, 0.3) is 0 Å². The molecule has 146 valence electrons. The molecule has 2 aliphatic heterocycles. The summed E-state index contributed by atoms with van der Waals surface area (Å²) in [6.07, 6.45) is 8.10. The van der Waals surface area contributed by atoms with Crippen molar-refractivity contribution in [2.75, 3.05) is 20.2 Å². The Morgan fingerprint density at radius 2 is 2.11 bits per heavy atom. The third-order valence-electron chi connectivity index (χ3n) is 8.79. The number of piperidine rings is 1. The highest BCUT2D eigenvalue weighted by Gasteiger charge is 2.72. The first-order valence-electron chi connectivity index (χ1n) is 10.9. The molecule has 1 aromatic carbocycles. The minimum Gasteiger partial charge on any atom is -0.493 e. The molecule has 3 aliphatic carbocycles. The van der Waals surface area contributed by atoms with Gasteiger partial charge < -0.3 is 14.6 Å². The smallest absolute Gasteiger partial charge is 0.165 e. The zero-order valence-corrected chi connectivity index (χ0v) is 16.5. The molecular formula is C23H31NO3. The fourth-order valence-electron chi connectivity index (χ4n) is 7.26. The lowest BCUT2D eigenvalue weighted by atomic mass is 9.47. The molecule has 1 spiro atoms. The van der Waals surface area contributed by atoms with Gasteiger partial charge in [0.1, 0.15) is 6.10 Å². The van der Waals surface area contributed by atoms with Gasteiger partial charge in [0.15, 0.2) is 11.5 Å². The topological polar surface area (TPSA) is 41.9 Å². The Labute approximate surface area is 161 Å². The Balaban J connectivity index is 1.52. The van der Waals surface area contributed by atoms with Crippen LogP contribution < -0.4 is 9.47 Å². The van der Waals surface area contributed by atoms with Gasteiger partial charge in [-0.2, -0.15) is 0 Å². The van der Waals surface area contributed by atoms with E-state index in [1.807, 2.05) is 0 Å². The van der Waals surface area contributed by atoms with Crippen molar-refractivity contribution in [2.45, 2.75) is 75.0 Å². The van der Waals surface area contributed by atoms with Gasteiger partial charge in [-0.15, -0.1) is 0 Å². The standard InChI is InChI=1S/C23H31NO3/c1-14-8-9-23(25)18-12-16-6-7-17(26-2)20-19(16)22(23,21(14)27-20)10-11-24(18)13-15-4-3-5-15/h6-7,14-15,18,21,25H,3-5,8-13H2,1-2H3/t14?,18-,21+,22+,23-/m1/s1. The predicted molar refractivity (Wildman–Crippen MR) is 103 cm³/mol. The number of rotatable bonds is 3. The molecule has 0 aromatic heterocycles. The van der Waals surface area contributed by atoms with Crippen molar-refractivity contribution in [3.63, 3.8) is 0 Å². The van der Waals surface area contributed by atoms with E-state index in [1.165, 1.54) is 36.9 Å². The number of nitrogens with zero attached hydrogens (tertiary/aromatic N) is 1. The zero-order valence-electron chi connectivity index (χ0n) is 16.5. The van der Waals surface area contributed by atoms with Gasteiger partial charge in [0, 0.05) is 18.2 Å². The minimum absolute atomic E-state index is 0.0787. The molecule has 5 aliphatic rings. The largest absolute Gasteiger partial charge is 0.493 e. The average molecular weight is 370 g/mol. The molecule has 2 bridgehead atoms. The van der Waals surface area contributed by atoms with Crippen LogP contribution in [0.15, 0.2) is 12.1 Å². The summed E-state index contributed by atoms with van der Waals surface area (Å²) in [6, 6.07) is 4.55. The first-order chi connectivity index (χ1) is 13.1. The van der Waals surface area contributed by atoms with Crippen LogP contribution in [-0.2, 0) is 11.8 Å². The second-order valence-electron chi connectivity index (χ2n) is 9.84. The number of likely N-dealkylation sites (tertiary alicyclic amines) is 1. The molecule has 1 N–H and O–H groups in total. The van der Waals surface area contributed by atoms with Gasteiger partial charge in [0.05, 0.1) is 18.1 Å². The Morgan fingerprint density at radius 1 is 1.26 bits per heavy atom. The van der Waals surface area contributed by atoms with Crippen molar-refractivity contribution in [1.29, 1.82) is 0 Å². The zero-order chi connectivity index (χ0) is 18.4. The number of hydrogen-bond acceptors (Lipinski definition) is 4. The summed E-state index contributed by atoms with van der Waals surface area (Å²) < 4.78 is 12.3. The van der Waals surface area contributed by atoms with E-state index in [2.05, 4.69) is 24.0 Å². The first-order valence-corrected chi connectivity index (χ1v) is 10.9. The number of ether oxygens (including phenoxy) is 2. The van der Waals surface area contributed by atoms with Crippen molar-refractivity contribution >= 4 is 0 Å². The van der Waals surface area contributed by atoms with Crippen molar-refractivity contribution in [1.82, 2.24) is 4.90 Å². The second kappa shape index (κ2) is 5.42. The van der Waals surface area contributed by atoms with Crippen molar-refractivity contribution < 1.29 is 14.6 Å². The molecule has 5 atom stereocenters. The normalized spacial score (nSPS) is 42.3. The lowest BCUT2D eigenvalue weighted by molar-refractivity contribution is -0.198. The van der Waals surface area contributed by atoms with E-state index in [0.717, 1.165) is 49.6 Å². The van der Waals surface area contributed by atoms with Crippen LogP contribution in [0.1, 0.15) is 56.6 Å². The van der Waals surface area contributed by atoms with Crippen LogP contribution in [-0.4, -0.2) is 48.0 Å². The molecule has 0 amide bonds. The highest BCUT2D eigenvalue weighted by molar-refractivity contribution is 5.62. The van der Waals surface area contributed by atoms with E-state index in [-0.39, 0.29) is 17.6 Å². The average Bonchev–Trinajstić information content (AvgIpc) is 2.98. The van der Waals surface area contributed by atoms with Crippen molar-refractivity contribution in [2.24, 2.45) is 11.8 Å². The maximum atomic E-state index is 12.3. The number of aliphatic hydroxyl groups is 1. The summed E-state index contributed by atoms with van der Waals surface area (Å²) in [5.74, 6) is 3.07. The van der Waals surface area contributed by atoms with Crippen LogP contribution in [0.4, 0.5) is 0 Å². The summed E-state index contributed by atoms with van der Waals surface area (Å²) in [5, 5.41) is 12.3. The van der Waals surface area contributed by atoms with Crippen LogP contribution in [0.2, 0.25) is 0 Å². The molecule has 0 radical (unpaired) electrons. The van der Waals surface area contributed by atoms with Crippen LogP contribution in [0, 0.1) is 11.8 Å². The third kappa shape index (κ3) is 1.87. The van der Waals surface area contributed by atoms with E-state index < -0.39 is 5.60 Å². The van der Waals surface area contributed by atoms with E-state index >= 15 is 0 Å². The summed E-state index contributed by atoms with van der Waals surface area (Å²) in [6.45, 7) is 4.57. The van der Waals surface area contributed by atoms with Gasteiger partial charge >= 0.3 is 0 Å². The lowest BCUT2D eigenvalue weighted by Crippen LogP contribution is -2.76. The molecule has 2 saturated carbocycles. The minimum atomic E-state index is -0.670. The molecular weight excluding hydrogens is 338 g/mol. The van der Waals surface area contributed by atoms with Crippen molar-refractivity contribution in [3.8, 4) is 11.5 Å². The Bertz CT molecular complexity index is 790. The first kappa shape index (κ1) is 16.7. The number of benzene rings is 1. The molecule has 6 rings (SSSR count). The molecule has 4 nitrogen and oxygen atoms in total. The predicted octanol–water partition coefficient (Wildman–Crippen LogP) is 3.29. The molecule has 1 aromatic rings. The van der Waals surface area contributed by atoms with Gasteiger partial charge in [0.2, 0.25) is 0 Å². The van der Waals surface area contributed by atoms with E-state index in [0.29, 0.717) is 5.92 Å². The van der Waals surface area contributed by atoms with E-state index in [9.17, 15) is 5.11 Å². The van der Waals surface area contributed by atoms with Crippen LogP contribution >= 0.6 is 0 Å². The monoisotopic (exact) mass is 369 g/mol. The molecule has 1 saturated heterocycles. The Hall–Kier alpha value is -1.26. The van der Waals surface area contributed by atoms with Gasteiger partial charge in [-0.25, -0.2) is 0 Å². The van der Waals surface area contributed by atoms with Crippen LogP contribution in [0.5, 0.6) is 11.5 Å². The van der Waals surface area contributed by atoms with E-state index in [1.54, 1.807) is 7.11 Å². The molecule has 27 heavy (non-hydrogen) atoms. The SMILES string of the molecule is COc1ccc2c3c1O[C@H]1C(C)CC[C@@]4(O)[C@@H](C2)N(CC2CCC2)CC[C@]314. The summed E-state index contributed by atoms with van der Waals surface area (Å²) in [4.78, 5) is 2.65. The molecule has 3 fully saturated rings. The number of hydrogen-bond donors (Lipinski definition) is 1. The van der Waals surface area contributed by atoms with Crippen LogP contribution in [0.3, 0.4) is 0 Å². The van der Waals surface area contributed by atoms with Gasteiger partial charge in [-0.3, -0.25) is 4.90 Å². The molecule has 1 unspecified atom stereocenters. The van der Waals surface area contributed by atoms with Crippen molar-refractivity contribution in [3.05, 3.63) is 23.3 Å². The Morgan fingerprint density at radius 3 is 2.85 bits per heavy atom. The molecule has 2 heterocycles. The maximum absolute atomic E-state index is 12.3. The highest BCUT2D eigenvalue weighted by Crippen LogP contribution is 2.66. The maximum Gasteiger partial charge on any atom is 0.165 e. The summed E-state index contributed by atoms with van der Waals surface area (Å²) >= 11 is 0. The van der Waals surface area contributed by atoms with E-state index in [4.69, 9.17) is 9.47 Å². The summed E-state index contributed by atoms with van der Waals surface area (Å²) in [7, 11) is 1.73. The highest BCUT2D eigenvalue weighted by atomic mass is 16.5. The second-order valence-corrected chi connectivity index (χ2v) is 9.84. The Kier molecular flexibility index (Phi) is 3.34. The fourth-order valence-corrected chi connectivity index (χ4v) is 7.26. The van der Waals surface area contributed by atoms with Gasteiger partial charge in [-0.1, -0.05) is 19.4 Å². The third-order valence-corrected chi connectivity index (χ3v) is 8.79. The fraction of sp³-hybridized carbons (Fsp3) is 0.739. The van der Waals surface area contributed by atoms with Crippen LogP contribution in [0.25, 0.3) is 0 Å². The lowest BCUT2D eigenvalue weighted by Gasteiger charge is -2.64. The van der Waals surface area contributed by atoms with Gasteiger partial charge in [-0.05, 0) is 68.5 Å². The quantitative estimate of drug-likeness (QED) is 0.888.